The zero-order valence-corrected chi connectivity index (χ0v) is 31.6. The summed E-state index contributed by atoms with van der Waals surface area (Å²) in [6.07, 6.45) is 22.5. The molecule has 7 rings (SSSR count). The van der Waals surface area contributed by atoms with Crippen LogP contribution < -0.4 is 39.2 Å². The Hall–Kier alpha value is -1.57. The molecule has 5 fully saturated rings. The van der Waals surface area contributed by atoms with Gasteiger partial charge in [0.25, 0.3) is 0 Å². The topological polar surface area (TPSA) is 44.5 Å². The van der Waals surface area contributed by atoms with E-state index in [1.807, 2.05) is 0 Å². The molecule has 0 amide bonds. The molecule has 4 aliphatic carbocycles. The van der Waals surface area contributed by atoms with Gasteiger partial charge in [-0.3, -0.25) is 0 Å². The summed E-state index contributed by atoms with van der Waals surface area (Å²) in [5.41, 5.74) is 11.6. The summed E-state index contributed by atoms with van der Waals surface area (Å²) in [4.78, 5) is 0. The van der Waals surface area contributed by atoms with Crippen molar-refractivity contribution in [3.05, 3.63) is 65.2 Å². The lowest BCUT2D eigenvalue weighted by molar-refractivity contribution is -0.909. The number of nitrogens with two attached hydrogens (primary N) is 1. The smallest absolute Gasteiger partial charge is 0.119 e. The van der Waals surface area contributed by atoms with Gasteiger partial charge in [0.1, 0.15) is 11.5 Å². The molecule has 5 heteroatoms. The average Bonchev–Trinajstić information content (AvgIpc) is 3.29. The molecule has 5 aliphatic rings. The van der Waals surface area contributed by atoms with Crippen LogP contribution in [0.4, 0.5) is 0 Å². The van der Waals surface area contributed by atoms with Crippen LogP contribution in [0.2, 0.25) is 0 Å². The first-order valence-electron chi connectivity index (χ1n) is 19.3. The minimum atomic E-state index is 0. The van der Waals surface area contributed by atoms with Gasteiger partial charge in [0.2, 0.25) is 0 Å². The fourth-order valence-corrected chi connectivity index (χ4v) is 9.64. The van der Waals surface area contributed by atoms with Crippen LogP contribution in [0, 0.1) is 23.7 Å². The molecule has 47 heavy (non-hydrogen) atoms. The summed E-state index contributed by atoms with van der Waals surface area (Å²) in [5, 5.41) is 0. The maximum Gasteiger partial charge on any atom is 0.119 e. The summed E-state index contributed by atoms with van der Waals surface area (Å²) >= 11 is 0. The predicted octanol–water partition coefficient (Wildman–Crippen LogP) is 6.81. The van der Waals surface area contributed by atoms with Gasteiger partial charge in [0.15, 0.2) is 0 Å². The van der Waals surface area contributed by atoms with Crippen molar-refractivity contribution in [1.82, 2.24) is 0 Å². The highest BCUT2D eigenvalue weighted by atomic mass is 127. The second-order valence-electron chi connectivity index (χ2n) is 15.7. The first kappa shape index (κ1) is 36.7. The Bertz CT molecular complexity index is 1200. The Labute approximate surface area is 303 Å². The lowest BCUT2D eigenvalue weighted by atomic mass is 9.53. The minimum Gasteiger partial charge on any atom is -1.00 e. The number of unbranched alkanes of at least 4 members (excludes halogenated alkanes) is 6. The lowest BCUT2D eigenvalue weighted by Crippen LogP contribution is -3.00. The molecule has 2 aromatic carbocycles. The van der Waals surface area contributed by atoms with Crippen LogP contribution in [-0.2, 0) is 0 Å². The number of allylic oxidation sites excluding steroid dienone is 1. The maximum absolute atomic E-state index is 6.26. The molecule has 0 atom stereocenters. The summed E-state index contributed by atoms with van der Waals surface area (Å²) in [7, 11) is 2.49. The largest absolute Gasteiger partial charge is 1.00 e. The third-order valence-corrected chi connectivity index (χ3v) is 12.0. The number of quaternary nitrogens is 1. The van der Waals surface area contributed by atoms with Crippen molar-refractivity contribution < 1.29 is 37.9 Å². The second-order valence-corrected chi connectivity index (χ2v) is 15.7. The summed E-state index contributed by atoms with van der Waals surface area (Å²) < 4.78 is 13.7. The van der Waals surface area contributed by atoms with Crippen LogP contribution in [0.5, 0.6) is 11.5 Å². The Morgan fingerprint density at radius 2 is 1.09 bits per heavy atom. The molecule has 4 nitrogen and oxygen atoms in total. The maximum atomic E-state index is 6.26. The number of halogens is 1. The number of nitrogens with zero attached hydrogens (tertiary/aromatic N) is 1. The SMILES string of the molecule is C[N+]1(CCCCCCOc2ccc(C(=C3C4CC5CC(C4)CC3C5)c3ccc(OCCCCCCN)cc3)cc2)CCCCCC1.[I-]. The number of benzene rings is 2. The Morgan fingerprint density at radius 3 is 1.57 bits per heavy atom. The molecule has 2 N–H and O–H groups in total. The van der Waals surface area contributed by atoms with Crippen LogP contribution in [0.25, 0.3) is 5.57 Å². The van der Waals surface area contributed by atoms with Gasteiger partial charge in [-0.1, -0.05) is 42.7 Å². The summed E-state index contributed by atoms with van der Waals surface area (Å²) in [6.45, 7) is 6.52. The van der Waals surface area contributed by atoms with Gasteiger partial charge in [-0.2, -0.15) is 0 Å². The molecule has 260 valence electrons. The molecular weight excluding hydrogens is 691 g/mol. The van der Waals surface area contributed by atoms with E-state index >= 15 is 0 Å². The average molecular weight is 755 g/mol. The summed E-state index contributed by atoms with van der Waals surface area (Å²) in [6, 6.07) is 18.1. The van der Waals surface area contributed by atoms with Crippen molar-refractivity contribution in [3.63, 3.8) is 0 Å². The zero-order chi connectivity index (χ0) is 31.6. The van der Waals surface area contributed by atoms with Crippen molar-refractivity contribution in [2.75, 3.05) is 46.4 Å². The highest BCUT2D eigenvalue weighted by Crippen LogP contribution is 2.58. The van der Waals surface area contributed by atoms with Crippen molar-refractivity contribution in [2.45, 2.75) is 109 Å². The van der Waals surface area contributed by atoms with Gasteiger partial charge in [-0.05, 0) is 167 Å². The van der Waals surface area contributed by atoms with Gasteiger partial charge in [0.05, 0.1) is 39.9 Å². The van der Waals surface area contributed by atoms with Crippen LogP contribution in [0.15, 0.2) is 54.1 Å². The van der Waals surface area contributed by atoms with Crippen LogP contribution in [0.1, 0.15) is 120 Å². The first-order valence-corrected chi connectivity index (χ1v) is 19.3. The number of rotatable bonds is 17. The number of likely N-dealkylation sites (tertiary alicyclic amines) is 1. The van der Waals surface area contributed by atoms with Gasteiger partial charge in [-0.15, -0.1) is 0 Å². The normalized spacial score (nSPS) is 24.4. The van der Waals surface area contributed by atoms with Crippen molar-refractivity contribution >= 4 is 5.57 Å². The van der Waals surface area contributed by atoms with E-state index in [1.54, 1.807) is 5.57 Å². The van der Waals surface area contributed by atoms with Gasteiger partial charge in [0, 0.05) is 0 Å². The second kappa shape index (κ2) is 18.4. The molecule has 0 unspecified atom stereocenters. The molecular formula is C42H63IN2O2. The standard InChI is InChI=1S/C42H63N2O2.HI/c1-44(23-9-3-4-10-24-44)25-11-5-7-13-27-46-40-20-16-36(17-21-40)41(42-37-29-33-28-34(31-37)32-38(42)30-33)35-14-18-39(19-15-35)45-26-12-6-2-8-22-43;/h14-21,33-34,37-38H,2-13,22-32,43H2,1H3;1H/q+1;/p-1. The van der Waals surface area contributed by atoms with Crippen LogP contribution >= 0.6 is 0 Å². The highest BCUT2D eigenvalue weighted by molar-refractivity contribution is 5.83. The molecule has 2 aromatic rings. The molecule has 1 heterocycles. The fraction of sp³-hybridized carbons (Fsp3) is 0.667. The van der Waals surface area contributed by atoms with E-state index in [2.05, 4.69) is 55.6 Å². The number of hydrogen-bond acceptors (Lipinski definition) is 3. The van der Waals surface area contributed by atoms with Crippen molar-refractivity contribution in [1.29, 1.82) is 0 Å². The number of hydrogen-bond donors (Lipinski definition) is 1. The lowest BCUT2D eigenvalue weighted by Gasteiger charge is -2.52. The highest BCUT2D eigenvalue weighted by Gasteiger charge is 2.46. The van der Waals surface area contributed by atoms with E-state index in [0.717, 1.165) is 74.2 Å². The van der Waals surface area contributed by atoms with Gasteiger partial charge >= 0.3 is 0 Å². The molecule has 0 spiro atoms. The third kappa shape index (κ3) is 10.2. The quantitative estimate of drug-likeness (QED) is 0.110. The fourth-order valence-electron chi connectivity index (χ4n) is 9.64. The molecule has 4 bridgehead atoms. The van der Waals surface area contributed by atoms with Gasteiger partial charge in [-0.25, -0.2) is 0 Å². The van der Waals surface area contributed by atoms with Crippen LogP contribution in [0.3, 0.4) is 0 Å². The first-order chi connectivity index (χ1) is 22.6. The van der Waals surface area contributed by atoms with E-state index in [0.29, 0.717) is 0 Å². The zero-order valence-electron chi connectivity index (χ0n) is 29.4. The molecule has 0 radical (unpaired) electrons. The monoisotopic (exact) mass is 754 g/mol. The van der Waals surface area contributed by atoms with Crippen molar-refractivity contribution in [3.8, 4) is 11.5 Å². The van der Waals surface area contributed by atoms with E-state index in [9.17, 15) is 0 Å². The predicted molar refractivity (Wildman–Crippen MR) is 192 cm³/mol. The van der Waals surface area contributed by atoms with Crippen LogP contribution in [-0.4, -0.2) is 50.9 Å². The van der Waals surface area contributed by atoms with E-state index in [-0.39, 0.29) is 24.0 Å². The number of ether oxygens (including phenoxy) is 2. The Morgan fingerprint density at radius 1 is 0.617 bits per heavy atom. The molecule has 0 aromatic heterocycles. The van der Waals surface area contributed by atoms with E-state index < -0.39 is 0 Å². The van der Waals surface area contributed by atoms with E-state index in [4.69, 9.17) is 15.2 Å². The van der Waals surface area contributed by atoms with E-state index in [1.165, 1.54) is 131 Å². The Kier molecular flexibility index (Phi) is 14.4. The van der Waals surface area contributed by atoms with Gasteiger partial charge < -0.3 is 43.7 Å². The third-order valence-electron chi connectivity index (χ3n) is 12.0. The minimum absolute atomic E-state index is 0. The Balaban J connectivity index is 0.00000433. The molecule has 4 saturated carbocycles. The molecule has 1 saturated heterocycles. The van der Waals surface area contributed by atoms with Crippen molar-refractivity contribution in [2.24, 2.45) is 29.4 Å². The summed E-state index contributed by atoms with van der Waals surface area (Å²) in [5.74, 6) is 5.44. The molecule has 1 aliphatic heterocycles.